The number of unbranched alkanes of at least 4 members (excludes halogenated alkanes) is 2. The first-order valence-corrected chi connectivity index (χ1v) is 11.4. The highest BCUT2D eigenvalue weighted by Gasteiger charge is 2.48. The van der Waals surface area contributed by atoms with Gasteiger partial charge in [0.05, 0.1) is 11.6 Å². The highest BCUT2D eigenvalue weighted by molar-refractivity contribution is 5.76. The standard InChI is InChI=1S/C26H36FN3O/c1-5-6-10-17-28-25(31)30-23(21-13-15-22(27)16-14-21)19-29(4)24(26(30,2)3)18-20-11-8-7-9-12-20/h7-9,11-16,23-24H,5-6,10,17-19H2,1-4H3,(H,28,31). The van der Waals surface area contributed by atoms with Crippen molar-refractivity contribution in [2.24, 2.45) is 0 Å². The van der Waals surface area contributed by atoms with Crippen molar-refractivity contribution in [1.29, 1.82) is 0 Å². The van der Waals surface area contributed by atoms with E-state index in [-0.39, 0.29) is 23.9 Å². The first-order valence-electron chi connectivity index (χ1n) is 11.4. The van der Waals surface area contributed by atoms with E-state index >= 15 is 0 Å². The quantitative estimate of drug-likeness (QED) is 0.603. The topological polar surface area (TPSA) is 35.6 Å². The van der Waals surface area contributed by atoms with E-state index in [4.69, 9.17) is 0 Å². The largest absolute Gasteiger partial charge is 0.338 e. The lowest BCUT2D eigenvalue weighted by Crippen LogP contribution is -2.68. The summed E-state index contributed by atoms with van der Waals surface area (Å²) in [7, 11) is 2.13. The molecule has 2 aromatic carbocycles. The summed E-state index contributed by atoms with van der Waals surface area (Å²) >= 11 is 0. The maximum atomic E-state index is 13.6. The molecule has 1 aliphatic heterocycles. The average molecular weight is 426 g/mol. The second-order valence-corrected chi connectivity index (χ2v) is 9.18. The maximum absolute atomic E-state index is 13.6. The Morgan fingerprint density at radius 2 is 1.77 bits per heavy atom. The highest BCUT2D eigenvalue weighted by atomic mass is 19.1. The second-order valence-electron chi connectivity index (χ2n) is 9.18. The van der Waals surface area contributed by atoms with Gasteiger partial charge in [0.15, 0.2) is 0 Å². The molecule has 3 rings (SSSR count). The zero-order valence-corrected chi connectivity index (χ0v) is 19.3. The van der Waals surface area contributed by atoms with Gasteiger partial charge in [0.1, 0.15) is 5.82 Å². The van der Waals surface area contributed by atoms with E-state index in [0.717, 1.165) is 31.2 Å². The summed E-state index contributed by atoms with van der Waals surface area (Å²) in [4.78, 5) is 17.8. The van der Waals surface area contributed by atoms with Crippen LogP contribution in [-0.2, 0) is 6.42 Å². The average Bonchev–Trinajstić information content (AvgIpc) is 2.75. The molecule has 31 heavy (non-hydrogen) atoms. The fraction of sp³-hybridized carbons (Fsp3) is 0.500. The van der Waals surface area contributed by atoms with Crippen LogP contribution in [-0.4, -0.2) is 47.5 Å². The number of carbonyl (C=O) groups excluding carboxylic acids is 1. The fourth-order valence-corrected chi connectivity index (χ4v) is 4.82. The van der Waals surface area contributed by atoms with Crippen LogP contribution in [0.25, 0.3) is 0 Å². The molecule has 0 aromatic heterocycles. The number of hydrogen-bond acceptors (Lipinski definition) is 2. The number of amides is 2. The second kappa shape index (κ2) is 10.3. The minimum atomic E-state index is -0.420. The molecule has 2 unspecified atom stereocenters. The summed E-state index contributed by atoms with van der Waals surface area (Å²) in [5.41, 5.74) is 1.80. The van der Waals surface area contributed by atoms with Crippen LogP contribution in [0.5, 0.6) is 0 Å². The number of rotatable bonds is 7. The van der Waals surface area contributed by atoms with Gasteiger partial charge in [-0.2, -0.15) is 0 Å². The molecule has 1 N–H and O–H groups in total. The molecule has 0 saturated carbocycles. The smallest absolute Gasteiger partial charge is 0.318 e. The Balaban J connectivity index is 1.90. The summed E-state index contributed by atoms with van der Waals surface area (Å²) in [5, 5.41) is 3.15. The van der Waals surface area contributed by atoms with Crippen LogP contribution in [0.1, 0.15) is 57.2 Å². The third kappa shape index (κ3) is 5.45. The minimum Gasteiger partial charge on any atom is -0.338 e. The number of nitrogens with zero attached hydrogens (tertiary/aromatic N) is 2. The van der Waals surface area contributed by atoms with E-state index in [0.29, 0.717) is 13.1 Å². The summed E-state index contributed by atoms with van der Waals surface area (Å²) < 4.78 is 13.6. The predicted molar refractivity (Wildman–Crippen MR) is 125 cm³/mol. The van der Waals surface area contributed by atoms with Crippen molar-refractivity contribution in [1.82, 2.24) is 15.1 Å². The zero-order chi connectivity index (χ0) is 22.4. The van der Waals surface area contributed by atoms with Crippen molar-refractivity contribution < 1.29 is 9.18 Å². The Hall–Kier alpha value is -2.40. The predicted octanol–water partition coefficient (Wildman–Crippen LogP) is 5.40. The molecule has 4 nitrogen and oxygen atoms in total. The molecule has 1 aliphatic rings. The van der Waals surface area contributed by atoms with Gasteiger partial charge in [0, 0.05) is 19.1 Å². The molecule has 2 aromatic rings. The van der Waals surface area contributed by atoms with Gasteiger partial charge < -0.3 is 10.2 Å². The van der Waals surface area contributed by atoms with Gasteiger partial charge in [-0.1, -0.05) is 62.2 Å². The van der Waals surface area contributed by atoms with E-state index in [1.807, 2.05) is 11.0 Å². The number of urea groups is 1. The Bertz CT molecular complexity index is 837. The van der Waals surface area contributed by atoms with Crippen LogP contribution >= 0.6 is 0 Å². The summed E-state index contributed by atoms with van der Waals surface area (Å²) in [6.07, 6.45) is 4.06. The van der Waals surface area contributed by atoms with E-state index < -0.39 is 5.54 Å². The van der Waals surface area contributed by atoms with Crippen molar-refractivity contribution in [2.75, 3.05) is 20.1 Å². The molecule has 0 radical (unpaired) electrons. The van der Waals surface area contributed by atoms with Crippen LogP contribution in [0, 0.1) is 5.82 Å². The molecule has 2 atom stereocenters. The number of piperazine rings is 1. The van der Waals surface area contributed by atoms with Crippen LogP contribution < -0.4 is 5.32 Å². The fourth-order valence-electron chi connectivity index (χ4n) is 4.82. The van der Waals surface area contributed by atoms with Crippen molar-refractivity contribution in [3.8, 4) is 0 Å². The van der Waals surface area contributed by atoms with E-state index in [2.05, 4.69) is 62.3 Å². The molecular formula is C26H36FN3O. The van der Waals surface area contributed by atoms with Crippen molar-refractivity contribution in [2.45, 2.75) is 64.1 Å². The molecule has 0 bridgehead atoms. The highest BCUT2D eigenvalue weighted by Crippen LogP contribution is 2.39. The lowest BCUT2D eigenvalue weighted by atomic mass is 9.81. The number of benzene rings is 2. The van der Waals surface area contributed by atoms with Gasteiger partial charge in [0.2, 0.25) is 0 Å². The molecule has 5 heteroatoms. The Morgan fingerprint density at radius 3 is 2.42 bits per heavy atom. The van der Waals surface area contributed by atoms with Gasteiger partial charge in [-0.3, -0.25) is 4.90 Å². The number of hydrogen-bond donors (Lipinski definition) is 1. The first kappa shape index (κ1) is 23.3. The SMILES string of the molecule is CCCCCNC(=O)N1C(c2ccc(F)cc2)CN(C)C(Cc2ccccc2)C1(C)C. The van der Waals surface area contributed by atoms with Crippen molar-refractivity contribution >= 4 is 6.03 Å². The zero-order valence-electron chi connectivity index (χ0n) is 19.3. The molecule has 1 saturated heterocycles. The molecule has 2 amide bonds. The maximum Gasteiger partial charge on any atom is 0.318 e. The number of nitrogens with one attached hydrogen (secondary N) is 1. The summed E-state index contributed by atoms with van der Waals surface area (Å²) in [6.45, 7) is 7.84. The monoisotopic (exact) mass is 425 g/mol. The number of carbonyl (C=O) groups is 1. The normalized spacial score (nSPS) is 21.1. The third-order valence-electron chi connectivity index (χ3n) is 6.54. The molecule has 0 spiro atoms. The van der Waals surface area contributed by atoms with Gasteiger partial charge in [-0.05, 0) is 57.0 Å². The lowest BCUT2D eigenvalue weighted by Gasteiger charge is -2.56. The van der Waals surface area contributed by atoms with E-state index in [9.17, 15) is 9.18 Å². The number of halogens is 1. The molecule has 0 aliphatic carbocycles. The van der Waals surface area contributed by atoms with Crippen LogP contribution in [0.15, 0.2) is 54.6 Å². The van der Waals surface area contributed by atoms with E-state index in [1.54, 1.807) is 12.1 Å². The van der Waals surface area contributed by atoms with Gasteiger partial charge in [0.25, 0.3) is 0 Å². The molecule has 1 heterocycles. The lowest BCUT2D eigenvalue weighted by molar-refractivity contribution is -0.0324. The van der Waals surface area contributed by atoms with Crippen molar-refractivity contribution in [3.05, 3.63) is 71.5 Å². The van der Waals surface area contributed by atoms with Crippen molar-refractivity contribution in [3.63, 3.8) is 0 Å². The van der Waals surface area contributed by atoms with Crippen LogP contribution in [0.2, 0.25) is 0 Å². The van der Waals surface area contributed by atoms with Gasteiger partial charge >= 0.3 is 6.03 Å². The number of likely N-dealkylation sites (N-methyl/N-ethyl adjacent to an activating group) is 1. The molecular weight excluding hydrogens is 389 g/mol. The van der Waals surface area contributed by atoms with Gasteiger partial charge in [-0.25, -0.2) is 9.18 Å². The third-order valence-corrected chi connectivity index (χ3v) is 6.54. The van der Waals surface area contributed by atoms with Gasteiger partial charge in [-0.15, -0.1) is 0 Å². The summed E-state index contributed by atoms with van der Waals surface area (Å²) in [6, 6.07) is 17.0. The Labute approximate surface area is 186 Å². The van der Waals surface area contributed by atoms with E-state index in [1.165, 1.54) is 17.7 Å². The van der Waals surface area contributed by atoms with Crippen LogP contribution in [0.3, 0.4) is 0 Å². The van der Waals surface area contributed by atoms with Crippen LogP contribution in [0.4, 0.5) is 9.18 Å². The molecule has 168 valence electrons. The molecule has 1 fully saturated rings. The summed E-state index contributed by atoms with van der Waals surface area (Å²) in [5.74, 6) is -0.260. The first-order chi connectivity index (χ1) is 14.8. The Kier molecular flexibility index (Phi) is 7.71. The Morgan fingerprint density at radius 1 is 1.10 bits per heavy atom. The minimum absolute atomic E-state index is 0.0402.